The lowest BCUT2D eigenvalue weighted by Crippen LogP contribution is -2.03. The number of hydrogen-bond donors (Lipinski definition) is 1. The molecule has 1 aliphatic rings. The van der Waals surface area contributed by atoms with Crippen LogP contribution >= 0.6 is 0 Å². The summed E-state index contributed by atoms with van der Waals surface area (Å²) in [6.07, 6.45) is 1.13. The minimum absolute atomic E-state index is 0.276. The molecule has 2 aromatic carbocycles. The van der Waals surface area contributed by atoms with Crippen LogP contribution in [0, 0.1) is 20.8 Å². The number of carbonyl (C=O) groups is 1. The van der Waals surface area contributed by atoms with Crippen LogP contribution in [0.3, 0.4) is 0 Å². The number of aryl methyl sites for hydroxylation is 3. The third kappa shape index (κ3) is 2.93. The summed E-state index contributed by atoms with van der Waals surface area (Å²) in [6, 6.07) is 11.3. The number of benzene rings is 2. The molecule has 2 aromatic rings. The molecule has 1 heterocycles. The summed E-state index contributed by atoms with van der Waals surface area (Å²) in [6.45, 7) is 5.77. The maximum atomic E-state index is 11.1. The quantitative estimate of drug-likeness (QED) is 0.915. The third-order valence-electron chi connectivity index (χ3n) is 3.91. The van der Waals surface area contributed by atoms with Crippen LogP contribution in [-0.2, 0) is 9.47 Å². The Hall–Kier alpha value is -2.75. The zero-order chi connectivity index (χ0) is 16.6. The molecule has 0 spiro atoms. The van der Waals surface area contributed by atoms with Crippen LogP contribution in [0.4, 0.5) is 0 Å². The number of rotatable bonds is 3. The predicted octanol–water partition coefficient (Wildman–Crippen LogP) is 4.35. The van der Waals surface area contributed by atoms with E-state index in [0.717, 1.165) is 22.3 Å². The number of hydrogen-bond acceptors (Lipinski definition) is 3. The van der Waals surface area contributed by atoms with Crippen LogP contribution in [0.25, 0.3) is 5.76 Å². The van der Waals surface area contributed by atoms with E-state index in [-0.39, 0.29) is 5.56 Å². The van der Waals surface area contributed by atoms with Gasteiger partial charge in [-0.1, -0.05) is 29.8 Å². The van der Waals surface area contributed by atoms with E-state index >= 15 is 0 Å². The van der Waals surface area contributed by atoms with Crippen LogP contribution in [0.2, 0.25) is 0 Å². The van der Waals surface area contributed by atoms with E-state index in [9.17, 15) is 4.79 Å². The Balaban J connectivity index is 1.87. The fourth-order valence-corrected chi connectivity index (χ4v) is 2.76. The SMILES string of the molecule is Cc1ccc(C2OC=C(c3c(C)cc(C(=O)O)cc3C)O2)cc1. The van der Waals surface area contributed by atoms with Crippen molar-refractivity contribution in [3.05, 3.63) is 76.0 Å². The summed E-state index contributed by atoms with van der Waals surface area (Å²) in [5.41, 5.74) is 4.97. The maximum absolute atomic E-state index is 11.1. The van der Waals surface area contributed by atoms with Gasteiger partial charge in [0, 0.05) is 11.1 Å². The molecule has 1 unspecified atom stereocenters. The van der Waals surface area contributed by atoms with Crippen molar-refractivity contribution in [2.75, 3.05) is 0 Å². The van der Waals surface area contributed by atoms with E-state index in [1.54, 1.807) is 18.4 Å². The highest BCUT2D eigenvalue weighted by molar-refractivity contribution is 5.89. The number of carboxylic acid groups (broad SMARTS) is 1. The second kappa shape index (κ2) is 5.80. The highest BCUT2D eigenvalue weighted by Gasteiger charge is 2.25. The molecular weight excluding hydrogens is 292 g/mol. The first-order valence-corrected chi connectivity index (χ1v) is 7.39. The molecule has 0 saturated carbocycles. The number of ether oxygens (including phenoxy) is 2. The molecule has 4 nitrogen and oxygen atoms in total. The van der Waals surface area contributed by atoms with Crippen LogP contribution < -0.4 is 0 Å². The van der Waals surface area contributed by atoms with E-state index in [0.29, 0.717) is 5.76 Å². The monoisotopic (exact) mass is 310 g/mol. The molecule has 0 radical (unpaired) electrons. The van der Waals surface area contributed by atoms with Gasteiger partial charge in [0.1, 0.15) is 6.26 Å². The van der Waals surface area contributed by atoms with Gasteiger partial charge in [-0.15, -0.1) is 0 Å². The van der Waals surface area contributed by atoms with Crippen molar-refractivity contribution in [1.29, 1.82) is 0 Å². The summed E-state index contributed by atoms with van der Waals surface area (Å²) in [7, 11) is 0. The van der Waals surface area contributed by atoms with Crippen molar-refractivity contribution >= 4 is 11.7 Å². The lowest BCUT2D eigenvalue weighted by molar-refractivity contribution is -0.0171. The van der Waals surface area contributed by atoms with Crippen molar-refractivity contribution in [3.8, 4) is 0 Å². The zero-order valence-electron chi connectivity index (χ0n) is 13.3. The van der Waals surface area contributed by atoms with Crippen LogP contribution in [0.5, 0.6) is 0 Å². The average molecular weight is 310 g/mol. The van der Waals surface area contributed by atoms with Crippen LogP contribution in [0.15, 0.2) is 42.7 Å². The van der Waals surface area contributed by atoms with E-state index in [1.165, 1.54) is 5.56 Å². The molecule has 118 valence electrons. The van der Waals surface area contributed by atoms with E-state index in [1.807, 2.05) is 45.0 Å². The Bertz CT molecular complexity index is 765. The van der Waals surface area contributed by atoms with Crippen molar-refractivity contribution in [2.24, 2.45) is 0 Å². The fraction of sp³-hybridized carbons (Fsp3) is 0.211. The minimum Gasteiger partial charge on any atom is -0.478 e. The highest BCUT2D eigenvalue weighted by Crippen LogP contribution is 2.36. The average Bonchev–Trinajstić information content (AvgIpc) is 2.96. The Morgan fingerprint density at radius 2 is 1.65 bits per heavy atom. The third-order valence-corrected chi connectivity index (χ3v) is 3.91. The van der Waals surface area contributed by atoms with E-state index in [2.05, 4.69) is 0 Å². The smallest absolute Gasteiger partial charge is 0.335 e. The fourth-order valence-electron chi connectivity index (χ4n) is 2.76. The van der Waals surface area contributed by atoms with Gasteiger partial charge in [-0.3, -0.25) is 0 Å². The molecule has 3 rings (SSSR count). The first-order valence-electron chi connectivity index (χ1n) is 7.39. The Labute approximate surface area is 135 Å². The normalized spacial score (nSPS) is 16.5. The second-order valence-corrected chi connectivity index (χ2v) is 5.77. The standard InChI is InChI=1S/C19H18O4/c1-11-4-6-14(7-5-11)19-22-10-16(23-19)17-12(2)8-15(18(20)21)9-13(17)3/h4-10,19H,1-3H3,(H,20,21). The summed E-state index contributed by atoms with van der Waals surface area (Å²) in [5, 5.41) is 9.13. The largest absolute Gasteiger partial charge is 0.478 e. The van der Waals surface area contributed by atoms with Gasteiger partial charge in [0.15, 0.2) is 5.76 Å². The Morgan fingerprint density at radius 1 is 1.04 bits per heavy atom. The van der Waals surface area contributed by atoms with Gasteiger partial charge in [-0.05, 0) is 44.0 Å². The van der Waals surface area contributed by atoms with Crippen molar-refractivity contribution in [2.45, 2.75) is 27.1 Å². The molecule has 0 amide bonds. The molecular formula is C19H18O4. The van der Waals surface area contributed by atoms with E-state index in [4.69, 9.17) is 14.6 Å². The van der Waals surface area contributed by atoms with Gasteiger partial charge in [-0.2, -0.15) is 0 Å². The first kappa shape index (κ1) is 15.2. The first-order chi connectivity index (χ1) is 11.0. The summed E-state index contributed by atoms with van der Waals surface area (Å²) >= 11 is 0. The second-order valence-electron chi connectivity index (χ2n) is 5.77. The lowest BCUT2D eigenvalue weighted by atomic mass is 9.98. The van der Waals surface area contributed by atoms with Crippen LogP contribution in [-0.4, -0.2) is 11.1 Å². The van der Waals surface area contributed by atoms with Gasteiger partial charge in [0.05, 0.1) is 5.56 Å². The number of aromatic carboxylic acids is 1. The Morgan fingerprint density at radius 3 is 2.22 bits per heavy atom. The summed E-state index contributed by atoms with van der Waals surface area (Å²) in [5.74, 6) is -0.305. The Kier molecular flexibility index (Phi) is 3.82. The molecule has 1 atom stereocenters. The molecule has 23 heavy (non-hydrogen) atoms. The maximum Gasteiger partial charge on any atom is 0.335 e. The zero-order valence-corrected chi connectivity index (χ0v) is 13.3. The van der Waals surface area contributed by atoms with Crippen molar-refractivity contribution in [1.82, 2.24) is 0 Å². The molecule has 0 bridgehead atoms. The van der Waals surface area contributed by atoms with Gasteiger partial charge < -0.3 is 14.6 Å². The topological polar surface area (TPSA) is 55.8 Å². The minimum atomic E-state index is -0.933. The van der Waals surface area contributed by atoms with Gasteiger partial charge in [0.2, 0.25) is 0 Å². The molecule has 0 aromatic heterocycles. The molecule has 0 saturated heterocycles. The predicted molar refractivity (Wildman–Crippen MR) is 86.9 cm³/mol. The highest BCUT2D eigenvalue weighted by atomic mass is 16.7. The lowest BCUT2D eigenvalue weighted by Gasteiger charge is -2.15. The molecule has 1 aliphatic heterocycles. The molecule has 1 N–H and O–H groups in total. The summed E-state index contributed by atoms with van der Waals surface area (Å²) in [4.78, 5) is 11.1. The van der Waals surface area contributed by atoms with Gasteiger partial charge >= 0.3 is 5.97 Å². The molecule has 0 fully saturated rings. The molecule has 0 aliphatic carbocycles. The van der Waals surface area contributed by atoms with Crippen molar-refractivity contribution in [3.63, 3.8) is 0 Å². The molecule has 4 heteroatoms. The number of carboxylic acids is 1. The van der Waals surface area contributed by atoms with Crippen LogP contribution in [0.1, 0.15) is 44.5 Å². The summed E-state index contributed by atoms with van der Waals surface area (Å²) < 4.78 is 11.6. The van der Waals surface area contributed by atoms with Gasteiger partial charge in [0.25, 0.3) is 6.29 Å². The van der Waals surface area contributed by atoms with Crippen molar-refractivity contribution < 1.29 is 19.4 Å². The van der Waals surface area contributed by atoms with E-state index < -0.39 is 12.3 Å². The van der Waals surface area contributed by atoms with Gasteiger partial charge in [-0.25, -0.2) is 4.79 Å².